The van der Waals surface area contributed by atoms with Crippen molar-refractivity contribution in [1.29, 1.82) is 5.26 Å². The summed E-state index contributed by atoms with van der Waals surface area (Å²) in [6.07, 6.45) is 0.502. The Morgan fingerprint density at radius 1 is 1.64 bits per heavy atom. The topological polar surface area (TPSA) is 53.3 Å². The molecule has 0 aromatic heterocycles. The Morgan fingerprint density at radius 2 is 2.29 bits per heavy atom. The zero-order valence-electron chi connectivity index (χ0n) is 9.12. The molecule has 4 nitrogen and oxygen atoms in total. The third kappa shape index (κ3) is 4.83. The molecule has 0 aliphatic carbocycles. The van der Waals surface area contributed by atoms with Crippen LogP contribution in [0.2, 0.25) is 0 Å². The minimum Gasteiger partial charge on any atom is -0.469 e. The van der Waals surface area contributed by atoms with Crippen LogP contribution in [0, 0.1) is 17.2 Å². The van der Waals surface area contributed by atoms with Crippen LogP contribution in [0.25, 0.3) is 0 Å². The fourth-order valence-corrected chi connectivity index (χ4v) is 1.25. The molecule has 0 aliphatic heterocycles. The van der Waals surface area contributed by atoms with Gasteiger partial charge in [-0.2, -0.15) is 5.26 Å². The molecule has 0 aromatic rings. The molecular formula is C10H18N2O2. The minimum absolute atomic E-state index is 0.126. The summed E-state index contributed by atoms with van der Waals surface area (Å²) in [5.41, 5.74) is 0. The van der Waals surface area contributed by atoms with Crippen molar-refractivity contribution in [2.75, 3.05) is 26.7 Å². The van der Waals surface area contributed by atoms with E-state index in [1.807, 2.05) is 13.8 Å². The molecule has 0 radical (unpaired) electrons. The Labute approximate surface area is 85.5 Å². The van der Waals surface area contributed by atoms with Crippen LogP contribution in [0.3, 0.4) is 0 Å². The first-order valence-corrected chi connectivity index (χ1v) is 4.82. The third-order valence-corrected chi connectivity index (χ3v) is 2.12. The molecule has 14 heavy (non-hydrogen) atoms. The monoisotopic (exact) mass is 198 g/mol. The number of methoxy groups -OCH3 is 1. The van der Waals surface area contributed by atoms with E-state index in [1.165, 1.54) is 7.11 Å². The molecule has 0 aliphatic rings. The van der Waals surface area contributed by atoms with Gasteiger partial charge in [0.25, 0.3) is 0 Å². The van der Waals surface area contributed by atoms with Crippen molar-refractivity contribution in [3.05, 3.63) is 0 Å². The molecular weight excluding hydrogens is 180 g/mol. The Morgan fingerprint density at radius 3 is 2.71 bits per heavy atom. The van der Waals surface area contributed by atoms with E-state index in [1.54, 1.807) is 0 Å². The smallest absolute Gasteiger partial charge is 0.309 e. The summed E-state index contributed by atoms with van der Waals surface area (Å²) in [6.45, 7) is 6.07. The normalized spacial score (nSPS) is 12.2. The Balaban J connectivity index is 3.92. The van der Waals surface area contributed by atoms with Gasteiger partial charge >= 0.3 is 5.97 Å². The maximum Gasteiger partial charge on any atom is 0.309 e. The van der Waals surface area contributed by atoms with E-state index in [0.717, 1.165) is 6.54 Å². The van der Waals surface area contributed by atoms with E-state index in [0.29, 0.717) is 19.5 Å². The van der Waals surface area contributed by atoms with Crippen LogP contribution in [0.5, 0.6) is 0 Å². The van der Waals surface area contributed by atoms with Gasteiger partial charge in [0, 0.05) is 19.5 Å². The summed E-state index contributed by atoms with van der Waals surface area (Å²) in [6, 6.07) is 2.09. The van der Waals surface area contributed by atoms with Gasteiger partial charge in [-0.3, -0.25) is 4.79 Å². The van der Waals surface area contributed by atoms with Crippen molar-refractivity contribution in [3.8, 4) is 6.07 Å². The summed E-state index contributed by atoms with van der Waals surface area (Å²) < 4.78 is 4.63. The van der Waals surface area contributed by atoms with Crippen LogP contribution >= 0.6 is 0 Å². The first-order valence-electron chi connectivity index (χ1n) is 4.82. The van der Waals surface area contributed by atoms with Gasteiger partial charge in [-0.15, -0.1) is 0 Å². The van der Waals surface area contributed by atoms with Gasteiger partial charge in [-0.05, 0) is 6.54 Å². The van der Waals surface area contributed by atoms with Gasteiger partial charge < -0.3 is 9.64 Å². The number of hydrogen-bond donors (Lipinski definition) is 0. The number of nitrogens with zero attached hydrogens (tertiary/aromatic N) is 2. The fourth-order valence-electron chi connectivity index (χ4n) is 1.25. The molecule has 0 heterocycles. The van der Waals surface area contributed by atoms with Gasteiger partial charge in [0.05, 0.1) is 19.1 Å². The molecule has 80 valence electrons. The summed E-state index contributed by atoms with van der Waals surface area (Å²) >= 11 is 0. The Bertz CT molecular complexity index is 211. The predicted molar refractivity (Wildman–Crippen MR) is 53.5 cm³/mol. The van der Waals surface area contributed by atoms with Crippen LogP contribution in [0.1, 0.15) is 20.3 Å². The average molecular weight is 198 g/mol. The molecule has 0 fully saturated rings. The molecule has 1 atom stereocenters. The quantitative estimate of drug-likeness (QED) is 0.598. The molecule has 0 saturated carbocycles. The number of nitriles is 1. The van der Waals surface area contributed by atoms with Crippen molar-refractivity contribution < 1.29 is 9.53 Å². The first-order chi connectivity index (χ1) is 6.65. The molecule has 1 unspecified atom stereocenters. The summed E-state index contributed by atoms with van der Waals surface area (Å²) in [5.74, 6) is -0.320. The number of ether oxygens (including phenoxy) is 1. The molecule has 0 amide bonds. The van der Waals surface area contributed by atoms with Crippen molar-refractivity contribution in [2.45, 2.75) is 20.3 Å². The molecule has 0 spiro atoms. The average Bonchev–Trinajstić information content (AvgIpc) is 2.22. The summed E-state index contributed by atoms with van der Waals surface area (Å²) in [5, 5.41) is 8.43. The fraction of sp³-hybridized carbons (Fsp3) is 0.800. The number of rotatable bonds is 6. The van der Waals surface area contributed by atoms with Crippen molar-refractivity contribution in [3.63, 3.8) is 0 Å². The number of esters is 1. The third-order valence-electron chi connectivity index (χ3n) is 2.12. The van der Waals surface area contributed by atoms with Crippen molar-refractivity contribution >= 4 is 5.97 Å². The number of carbonyl (C=O) groups is 1. The van der Waals surface area contributed by atoms with E-state index in [2.05, 4.69) is 15.7 Å². The highest BCUT2D eigenvalue weighted by molar-refractivity contribution is 5.72. The van der Waals surface area contributed by atoms with Gasteiger partial charge in [-0.25, -0.2) is 0 Å². The van der Waals surface area contributed by atoms with E-state index in [4.69, 9.17) is 5.26 Å². The number of hydrogen-bond acceptors (Lipinski definition) is 4. The predicted octanol–water partition coefficient (Wildman–Crippen LogP) is 1.03. The second-order valence-electron chi connectivity index (χ2n) is 3.23. The SMILES string of the molecule is CCN(CCC#N)CC(C)C(=O)OC. The van der Waals surface area contributed by atoms with E-state index >= 15 is 0 Å². The van der Waals surface area contributed by atoms with Gasteiger partial charge in [0.1, 0.15) is 0 Å². The molecule has 0 rings (SSSR count). The zero-order valence-corrected chi connectivity index (χ0v) is 9.12. The van der Waals surface area contributed by atoms with Crippen LogP contribution in [0.4, 0.5) is 0 Å². The second-order valence-corrected chi connectivity index (χ2v) is 3.23. The molecule has 0 saturated heterocycles. The highest BCUT2D eigenvalue weighted by Gasteiger charge is 2.16. The van der Waals surface area contributed by atoms with E-state index in [9.17, 15) is 4.79 Å². The summed E-state index contributed by atoms with van der Waals surface area (Å²) in [4.78, 5) is 13.2. The van der Waals surface area contributed by atoms with Gasteiger partial charge in [0.15, 0.2) is 0 Å². The Hall–Kier alpha value is -1.08. The lowest BCUT2D eigenvalue weighted by molar-refractivity contribution is -0.145. The van der Waals surface area contributed by atoms with Crippen LogP contribution < -0.4 is 0 Å². The Kier molecular flexibility index (Phi) is 6.77. The van der Waals surface area contributed by atoms with Crippen molar-refractivity contribution in [2.24, 2.45) is 5.92 Å². The van der Waals surface area contributed by atoms with Gasteiger partial charge in [-0.1, -0.05) is 13.8 Å². The molecule has 4 heteroatoms. The highest BCUT2D eigenvalue weighted by Crippen LogP contribution is 2.02. The first kappa shape index (κ1) is 12.9. The molecule has 0 N–H and O–H groups in total. The summed E-state index contributed by atoms with van der Waals surface area (Å²) in [7, 11) is 1.39. The maximum absolute atomic E-state index is 11.1. The largest absolute Gasteiger partial charge is 0.469 e. The highest BCUT2D eigenvalue weighted by atomic mass is 16.5. The minimum atomic E-state index is -0.194. The van der Waals surface area contributed by atoms with E-state index in [-0.39, 0.29) is 11.9 Å². The lowest BCUT2D eigenvalue weighted by Crippen LogP contribution is -2.32. The second kappa shape index (κ2) is 7.34. The molecule has 0 bridgehead atoms. The van der Waals surface area contributed by atoms with Crippen molar-refractivity contribution in [1.82, 2.24) is 4.90 Å². The lowest BCUT2D eigenvalue weighted by atomic mass is 10.1. The molecule has 0 aromatic carbocycles. The lowest BCUT2D eigenvalue weighted by Gasteiger charge is -2.21. The van der Waals surface area contributed by atoms with E-state index < -0.39 is 0 Å². The number of carbonyl (C=O) groups excluding carboxylic acids is 1. The van der Waals surface area contributed by atoms with Crippen LogP contribution in [0.15, 0.2) is 0 Å². The zero-order chi connectivity index (χ0) is 11.0. The van der Waals surface area contributed by atoms with Crippen LogP contribution in [-0.4, -0.2) is 37.6 Å². The van der Waals surface area contributed by atoms with Gasteiger partial charge in [0.2, 0.25) is 0 Å². The van der Waals surface area contributed by atoms with Crippen LogP contribution in [-0.2, 0) is 9.53 Å². The standard InChI is InChI=1S/C10H18N2O2/c1-4-12(7-5-6-11)8-9(2)10(13)14-3/h9H,4-5,7-8H2,1-3H3. The maximum atomic E-state index is 11.1.